The van der Waals surface area contributed by atoms with Gasteiger partial charge in [-0.15, -0.1) is 0 Å². The molecule has 1 N–H and O–H groups in total. The van der Waals surface area contributed by atoms with Gasteiger partial charge in [-0.25, -0.2) is 0 Å². The number of nitriles is 1. The molecule has 0 fully saturated rings. The van der Waals surface area contributed by atoms with Gasteiger partial charge in [0.2, 0.25) is 12.7 Å². The minimum absolute atomic E-state index is 0.198. The summed E-state index contributed by atoms with van der Waals surface area (Å²) in [6.45, 7) is 0.198. The molecule has 4 nitrogen and oxygen atoms in total. The summed E-state index contributed by atoms with van der Waals surface area (Å²) in [6.07, 6.45) is 3.04. The van der Waals surface area contributed by atoms with Crippen molar-refractivity contribution < 1.29 is 9.47 Å². The Hall–Kier alpha value is -1.37. The van der Waals surface area contributed by atoms with Crippen LogP contribution in [-0.4, -0.2) is 6.79 Å². The third kappa shape index (κ3) is 0.819. The van der Waals surface area contributed by atoms with Crippen molar-refractivity contribution in [2.75, 3.05) is 6.79 Å². The number of nitrogens with zero attached hydrogens (tertiary/aromatic N) is 1. The summed E-state index contributed by atoms with van der Waals surface area (Å²) >= 11 is 0. The predicted molar refractivity (Wildman–Crippen MR) is 23.9 cm³/mol. The van der Waals surface area contributed by atoms with Gasteiger partial charge in [-0.05, 0) is 0 Å². The van der Waals surface area contributed by atoms with Crippen molar-refractivity contribution in [3.8, 4) is 6.19 Å². The molecule has 0 radical (unpaired) electrons. The highest BCUT2D eigenvalue weighted by Crippen LogP contribution is 2.00. The maximum absolute atomic E-state index is 7.99. The molecular formula is C4H4N2O2. The molecule has 0 saturated heterocycles. The van der Waals surface area contributed by atoms with E-state index in [9.17, 15) is 0 Å². The standard InChI is InChI=1S/C4H4N2O2/c5-2-6-4-1-7-3-8-4/h1,6H,3H2. The van der Waals surface area contributed by atoms with Crippen LogP contribution in [0.25, 0.3) is 0 Å². The van der Waals surface area contributed by atoms with Crippen molar-refractivity contribution in [1.82, 2.24) is 5.32 Å². The Morgan fingerprint density at radius 3 is 3.25 bits per heavy atom. The van der Waals surface area contributed by atoms with Gasteiger partial charge in [0.15, 0.2) is 6.19 Å². The molecule has 0 spiro atoms. The fourth-order valence-electron chi connectivity index (χ4n) is 0.362. The fourth-order valence-corrected chi connectivity index (χ4v) is 0.362. The van der Waals surface area contributed by atoms with Crippen LogP contribution in [0.4, 0.5) is 0 Å². The zero-order valence-electron chi connectivity index (χ0n) is 4.05. The molecule has 0 aliphatic carbocycles. The van der Waals surface area contributed by atoms with E-state index in [1.54, 1.807) is 6.19 Å². The smallest absolute Gasteiger partial charge is 0.239 e. The molecule has 0 aromatic rings. The van der Waals surface area contributed by atoms with Gasteiger partial charge in [0.05, 0.1) is 0 Å². The van der Waals surface area contributed by atoms with Crippen molar-refractivity contribution in [2.45, 2.75) is 0 Å². The first kappa shape index (κ1) is 4.78. The van der Waals surface area contributed by atoms with Crippen LogP contribution < -0.4 is 5.32 Å². The summed E-state index contributed by atoms with van der Waals surface area (Å²) in [5.74, 6) is 0.368. The molecular weight excluding hydrogens is 108 g/mol. The van der Waals surface area contributed by atoms with Gasteiger partial charge in [-0.3, -0.25) is 5.32 Å². The van der Waals surface area contributed by atoms with Gasteiger partial charge in [-0.1, -0.05) is 0 Å². The average Bonchev–Trinajstić information content (AvgIpc) is 2.19. The van der Waals surface area contributed by atoms with Crippen LogP contribution in [0.1, 0.15) is 0 Å². The van der Waals surface area contributed by atoms with Gasteiger partial charge in [-0.2, -0.15) is 5.26 Å². The van der Waals surface area contributed by atoms with E-state index in [1.807, 2.05) is 0 Å². The lowest BCUT2D eigenvalue weighted by atomic mass is 10.8. The second-order valence-corrected chi connectivity index (χ2v) is 1.15. The van der Waals surface area contributed by atoms with Crippen LogP contribution in [0.3, 0.4) is 0 Å². The first-order valence-electron chi connectivity index (χ1n) is 2.03. The maximum atomic E-state index is 7.99. The van der Waals surface area contributed by atoms with Gasteiger partial charge < -0.3 is 9.47 Å². The van der Waals surface area contributed by atoms with Crippen molar-refractivity contribution in [3.05, 3.63) is 12.1 Å². The highest BCUT2D eigenvalue weighted by atomic mass is 16.7. The molecule has 0 amide bonds. The SMILES string of the molecule is N#CNC1=COCO1. The number of hydrogen-bond donors (Lipinski definition) is 1. The molecule has 1 rings (SSSR count). The van der Waals surface area contributed by atoms with E-state index in [1.165, 1.54) is 6.26 Å². The number of ether oxygens (including phenoxy) is 2. The second kappa shape index (κ2) is 2.07. The second-order valence-electron chi connectivity index (χ2n) is 1.15. The van der Waals surface area contributed by atoms with Gasteiger partial charge in [0, 0.05) is 0 Å². The van der Waals surface area contributed by atoms with Gasteiger partial charge >= 0.3 is 0 Å². The molecule has 0 aromatic heterocycles. The Morgan fingerprint density at radius 2 is 2.75 bits per heavy atom. The number of rotatable bonds is 1. The topological polar surface area (TPSA) is 54.3 Å². The van der Waals surface area contributed by atoms with Crippen molar-refractivity contribution in [2.24, 2.45) is 0 Å². The van der Waals surface area contributed by atoms with E-state index in [0.29, 0.717) is 5.88 Å². The highest BCUT2D eigenvalue weighted by Gasteiger charge is 2.02. The Balaban J connectivity index is 2.36. The monoisotopic (exact) mass is 112 g/mol. The van der Waals surface area contributed by atoms with E-state index in [0.717, 1.165) is 0 Å². The Labute approximate surface area is 46.3 Å². The molecule has 4 heteroatoms. The third-order valence-corrected chi connectivity index (χ3v) is 0.652. The normalized spacial score (nSPS) is 15.1. The minimum atomic E-state index is 0.198. The molecule has 8 heavy (non-hydrogen) atoms. The largest absolute Gasteiger partial charge is 0.459 e. The zero-order valence-corrected chi connectivity index (χ0v) is 4.05. The van der Waals surface area contributed by atoms with E-state index >= 15 is 0 Å². The molecule has 0 unspecified atom stereocenters. The van der Waals surface area contributed by atoms with E-state index in [4.69, 9.17) is 10.00 Å². The molecule has 0 saturated carbocycles. The van der Waals surface area contributed by atoms with Crippen molar-refractivity contribution >= 4 is 0 Å². The van der Waals surface area contributed by atoms with Gasteiger partial charge in [0.25, 0.3) is 0 Å². The van der Waals surface area contributed by atoms with Crippen LogP contribution in [0.2, 0.25) is 0 Å². The van der Waals surface area contributed by atoms with Crippen molar-refractivity contribution in [3.63, 3.8) is 0 Å². The quantitative estimate of drug-likeness (QED) is 0.379. The van der Waals surface area contributed by atoms with Crippen LogP contribution in [0.5, 0.6) is 0 Å². The molecule has 0 bridgehead atoms. The summed E-state index contributed by atoms with van der Waals surface area (Å²) in [6, 6.07) is 0. The summed E-state index contributed by atoms with van der Waals surface area (Å²) in [5, 5.41) is 10.3. The molecule has 1 heterocycles. The molecule has 0 atom stereocenters. The van der Waals surface area contributed by atoms with Crippen molar-refractivity contribution in [1.29, 1.82) is 5.26 Å². The van der Waals surface area contributed by atoms with Crippen LogP contribution in [0, 0.1) is 11.5 Å². The molecule has 0 aromatic carbocycles. The number of hydrogen-bond acceptors (Lipinski definition) is 4. The summed E-state index contributed by atoms with van der Waals surface area (Å²) in [4.78, 5) is 0. The minimum Gasteiger partial charge on any atom is -0.459 e. The Bertz CT molecular complexity index is 147. The lowest BCUT2D eigenvalue weighted by Gasteiger charge is -1.92. The average molecular weight is 112 g/mol. The van der Waals surface area contributed by atoms with Gasteiger partial charge in [0.1, 0.15) is 6.26 Å². The van der Waals surface area contributed by atoms with E-state index < -0.39 is 0 Å². The molecule has 1 aliphatic heterocycles. The summed E-state index contributed by atoms with van der Waals surface area (Å²) in [7, 11) is 0. The molecule has 42 valence electrons. The van der Waals surface area contributed by atoms with Crippen LogP contribution >= 0.6 is 0 Å². The predicted octanol–water partition coefficient (Wildman–Crippen LogP) is -0.140. The van der Waals surface area contributed by atoms with E-state index in [-0.39, 0.29) is 6.79 Å². The fraction of sp³-hybridized carbons (Fsp3) is 0.250. The lowest BCUT2D eigenvalue weighted by Crippen LogP contribution is -2.04. The summed E-state index contributed by atoms with van der Waals surface area (Å²) in [5.41, 5.74) is 0. The highest BCUT2D eigenvalue weighted by molar-refractivity contribution is 4.92. The van der Waals surface area contributed by atoms with Crippen LogP contribution in [0.15, 0.2) is 12.1 Å². The van der Waals surface area contributed by atoms with E-state index in [2.05, 4.69) is 10.1 Å². The summed E-state index contributed by atoms with van der Waals surface area (Å²) < 4.78 is 9.31. The third-order valence-electron chi connectivity index (χ3n) is 0.652. The lowest BCUT2D eigenvalue weighted by molar-refractivity contribution is 0.0767. The number of nitrogens with one attached hydrogen (secondary N) is 1. The first-order valence-corrected chi connectivity index (χ1v) is 2.03. The maximum Gasteiger partial charge on any atom is 0.239 e. The zero-order chi connectivity index (χ0) is 5.82. The van der Waals surface area contributed by atoms with Crippen LogP contribution in [-0.2, 0) is 9.47 Å². The Kier molecular flexibility index (Phi) is 1.24. The molecule has 1 aliphatic rings. The Morgan fingerprint density at radius 1 is 1.88 bits per heavy atom. The first-order chi connectivity index (χ1) is 3.93.